The molecule has 2 atom stereocenters. The monoisotopic (exact) mass is 282 g/mol. The first kappa shape index (κ1) is 14.2. The molecule has 1 aliphatic carbocycles. The third kappa shape index (κ3) is 3.42. The number of aryl methyl sites for hydroxylation is 1. The van der Waals surface area contributed by atoms with Gasteiger partial charge in [0.25, 0.3) is 10.1 Å². The molecular formula is C14H18O4S. The van der Waals surface area contributed by atoms with E-state index in [9.17, 15) is 13.2 Å². The van der Waals surface area contributed by atoms with Gasteiger partial charge in [-0.2, -0.15) is 8.42 Å². The summed E-state index contributed by atoms with van der Waals surface area (Å²) in [7, 11) is -3.71. The molecule has 0 aromatic heterocycles. The van der Waals surface area contributed by atoms with Crippen molar-refractivity contribution in [2.24, 2.45) is 11.8 Å². The van der Waals surface area contributed by atoms with Crippen molar-refractivity contribution in [3.05, 3.63) is 29.8 Å². The molecule has 2 rings (SSSR count). The molecule has 19 heavy (non-hydrogen) atoms. The van der Waals surface area contributed by atoms with Crippen molar-refractivity contribution in [2.45, 2.75) is 31.6 Å². The van der Waals surface area contributed by atoms with Crippen molar-refractivity contribution in [1.29, 1.82) is 0 Å². The predicted octanol–water partition coefficient (Wildman–Crippen LogP) is 2.32. The Kier molecular flexibility index (Phi) is 4.06. The normalized spacial score (nSPS) is 23.8. The quantitative estimate of drug-likeness (QED) is 0.795. The van der Waals surface area contributed by atoms with Crippen LogP contribution in [0.1, 0.15) is 25.3 Å². The van der Waals surface area contributed by atoms with Gasteiger partial charge in [0.15, 0.2) is 0 Å². The summed E-state index contributed by atoms with van der Waals surface area (Å²) in [6.07, 6.45) is 1.13. The molecule has 0 unspecified atom stereocenters. The second kappa shape index (κ2) is 5.43. The first-order chi connectivity index (χ1) is 8.88. The minimum atomic E-state index is -3.71. The highest BCUT2D eigenvalue weighted by atomic mass is 32.2. The maximum atomic E-state index is 12.0. The first-order valence-corrected chi connectivity index (χ1v) is 7.78. The van der Waals surface area contributed by atoms with Gasteiger partial charge in [-0.3, -0.25) is 8.98 Å². The number of carbonyl (C=O) groups excluding carboxylic acids is 1. The number of hydrogen-bond acceptors (Lipinski definition) is 4. The summed E-state index contributed by atoms with van der Waals surface area (Å²) in [5, 5.41) is 0. The van der Waals surface area contributed by atoms with E-state index in [1.165, 1.54) is 12.1 Å². The molecule has 1 aliphatic rings. The van der Waals surface area contributed by atoms with Gasteiger partial charge in [0.1, 0.15) is 5.78 Å². The Balaban J connectivity index is 1.99. The van der Waals surface area contributed by atoms with Crippen LogP contribution in [0, 0.1) is 18.8 Å². The lowest BCUT2D eigenvalue weighted by Gasteiger charge is -2.10. The van der Waals surface area contributed by atoms with Gasteiger partial charge >= 0.3 is 0 Å². The van der Waals surface area contributed by atoms with Crippen LogP contribution in [0.2, 0.25) is 0 Å². The lowest BCUT2D eigenvalue weighted by molar-refractivity contribution is -0.120. The minimum absolute atomic E-state index is 0.0164. The highest BCUT2D eigenvalue weighted by Crippen LogP contribution is 2.28. The molecule has 0 heterocycles. The molecule has 104 valence electrons. The maximum Gasteiger partial charge on any atom is 0.296 e. The van der Waals surface area contributed by atoms with Gasteiger partial charge in [0.2, 0.25) is 0 Å². The van der Waals surface area contributed by atoms with Crippen LogP contribution in [0.15, 0.2) is 29.2 Å². The smallest absolute Gasteiger partial charge is 0.296 e. The standard InChI is InChI=1S/C14H18O4S/c1-10-3-5-13(6-4-10)19(16,17)18-9-12-7-11(2)14(15)8-12/h3-6,11-12H,7-9H2,1-2H3/t11-,12+/m1/s1. The van der Waals surface area contributed by atoms with E-state index in [1.807, 2.05) is 13.8 Å². The molecule has 0 aliphatic heterocycles. The summed E-state index contributed by atoms with van der Waals surface area (Å²) in [6, 6.07) is 6.54. The van der Waals surface area contributed by atoms with Crippen LogP contribution in [0.4, 0.5) is 0 Å². The average Bonchev–Trinajstić information content (AvgIpc) is 2.67. The van der Waals surface area contributed by atoms with Crippen molar-refractivity contribution in [3.8, 4) is 0 Å². The molecule has 0 spiro atoms. The van der Waals surface area contributed by atoms with Gasteiger partial charge in [-0.25, -0.2) is 0 Å². The van der Waals surface area contributed by atoms with Crippen LogP contribution in [0.3, 0.4) is 0 Å². The SMILES string of the molecule is Cc1ccc(S(=O)(=O)OC[C@@H]2CC(=O)[C@H](C)C2)cc1. The molecular weight excluding hydrogens is 264 g/mol. The van der Waals surface area contributed by atoms with Crippen LogP contribution in [-0.2, 0) is 19.1 Å². The molecule has 0 N–H and O–H groups in total. The first-order valence-electron chi connectivity index (χ1n) is 6.37. The molecule has 0 bridgehead atoms. The zero-order valence-corrected chi connectivity index (χ0v) is 11.9. The zero-order valence-electron chi connectivity index (χ0n) is 11.1. The molecule has 1 aromatic carbocycles. The highest BCUT2D eigenvalue weighted by molar-refractivity contribution is 7.86. The third-order valence-electron chi connectivity index (χ3n) is 3.49. The summed E-state index contributed by atoms with van der Waals surface area (Å²) in [5.74, 6) is 0.236. The van der Waals surface area contributed by atoms with E-state index in [2.05, 4.69) is 0 Å². The van der Waals surface area contributed by atoms with Gasteiger partial charge < -0.3 is 0 Å². The topological polar surface area (TPSA) is 60.4 Å². The van der Waals surface area contributed by atoms with Crippen LogP contribution in [0.25, 0.3) is 0 Å². The largest absolute Gasteiger partial charge is 0.299 e. The Morgan fingerprint density at radius 2 is 1.89 bits per heavy atom. The van der Waals surface area contributed by atoms with Crippen molar-refractivity contribution in [3.63, 3.8) is 0 Å². The Morgan fingerprint density at radius 3 is 2.42 bits per heavy atom. The van der Waals surface area contributed by atoms with Crippen molar-refractivity contribution >= 4 is 15.9 Å². The molecule has 0 radical (unpaired) electrons. The van der Waals surface area contributed by atoms with Gasteiger partial charge in [0.05, 0.1) is 11.5 Å². The van der Waals surface area contributed by atoms with Gasteiger partial charge in [-0.1, -0.05) is 24.6 Å². The van der Waals surface area contributed by atoms with E-state index in [0.717, 1.165) is 5.56 Å². The van der Waals surface area contributed by atoms with E-state index < -0.39 is 10.1 Å². The lowest BCUT2D eigenvalue weighted by Crippen LogP contribution is -2.13. The fourth-order valence-corrected chi connectivity index (χ4v) is 3.26. The molecule has 5 heteroatoms. The van der Waals surface area contributed by atoms with Gasteiger partial charge in [-0.05, 0) is 31.4 Å². The van der Waals surface area contributed by atoms with E-state index in [0.29, 0.717) is 12.8 Å². The Hall–Kier alpha value is -1.20. The van der Waals surface area contributed by atoms with E-state index >= 15 is 0 Å². The van der Waals surface area contributed by atoms with Gasteiger partial charge in [0, 0.05) is 12.3 Å². The number of ketones is 1. The van der Waals surface area contributed by atoms with Crippen molar-refractivity contribution < 1.29 is 17.4 Å². The average molecular weight is 282 g/mol. The predicted molar refractivity (Wildman–Crippen MR) is 71.2 cm³/mol. The van der Waals surface area contributed by atoms with Crippen LogP contribution < -0.4 is 0 Å². The number of rotatable bonds is 4. The van der Waals surface area contributed by atoms with E-state index in [1.54, 1.807) is 12.1 Å². The third-order valence-corrected chi connectivity index (χ3v) is 4.79. The summed E-state index contributed by atoms with van der Waals surface area (Å²) in [5.41, 5.74) is 0.995. The van der Waals surface area contributed by atoms with Crippen molar-refractivity contribution in [2.75, 3.05) is 6.61 Å². The summed E-state index contributed by atoms with van der Waals surface area (Å²) >= 11 is 0. The van der Waals surface area contributed by atoms with Crippen LogP contribution >= 0.6 is 0 Å². The second-order valence-electron chi connectivity index (χ2n) is 5.22. The molecule has 1 saturated carbocycles. The number of Topliss-reactive ketones (excluding diaryl/α,β-unsaturated/α-hetero) is 1. The molecule has 1 aromatic rings. The molecule has 0 saturated heterocycles. The lowest BCUT2D eigenvalue weighted by atomic mass is 10.1. The highest BCUT2D eigenvalue weighted by Gasteiger charge is 2.30. The number of carbonyl (C=O) groups is 1. The fourth-order valence-electron chi connectivity index (χ4n) is 2.29. The second-order valence-corrected chi connectivity index (χ2v) is 6.84. The fraction of sp³-hybridized carbons (Fsp3) is 0.500. The molecule has 4 nitrogen and oxygen atoms in total. The van der Waals surface area contributed by atoms with Crippen molar-refractivity contribution in [1.82, 2.24) is 0 Å². The van der Waals surface area contributed by atoms with Crippen LogP contribution in [-0.4, -0.2) is 20.8 Å². The minimum Gasteiger partial charge on any atom is -0.299 e. The number of benzene rings is 1. The summed E-state index contributed by atoms with van der Waals surface area (Å²) < 4.78 is 29.0. The summed E-state index contributed by atoms with van der Waals surface area (Å²) in [6.45, 7) is 3.85. The maximum absolute atomic E-state index is 12.0. The Bertz CT molecular complexity index is 560. The molecule has 0 amide bonds. The summed E-state index contributed by atoms with van der Waals surface area (Å²) in [4.78, 5) is 11.6. The van der Waals surface area contributed by atoms with Crippen LogP contribution in [0.5, 0.6) is 0 Å². The van der Waals surface area contributed by atoms with E-state index in [4.69, 9.17) is 4.18 Å². The Labute approximate surface area is 113 Å². The zero-order chi connectivity index (χ0) is 14.0. The molecule has 1 fully saturated rings. The van der Waals surface area contributed by atoms with E-state index in [-0.39, 0.29) is 29.1 Å². The van der Waals surface area contributed by atoms with Gasteiger partial charge in [-0.15, -0.1) is 0 Å². The number of hydrogen-bond donors (Lipinski definition) is 0. The Morgan fingerprint density at radius 1 is 1.26 bits per heavy atom.